The van der Waals surface area contributed by atoms with Crippen molar-refractivity contribution in [3.63, 3.8) is 0 Å². The van der Waals surface area contributed by atoms with Crippen molar-refractivity contribution in [3.05, 3.63) is 50.9 Å². The monoisotopic (exact) mass is 267 g/mol. The average molecular weight is 268 g/mol. The van der Waals surface area contributed by atoms with Gasteiger partial charge in [-0.3, -0.25) is 0 Å². The summed E-state index contributed by atoms with van der Waals surface area (Å²) in [6.07, 6.45) is 0.725. The molecule has 2 rings (SSSR count). The number of nitrogens with zero attached hydrogens (tertiary/aromatic N) is 1. The first-order chi connectivity index (χ1) is 8.15. The lowest BCUT2D eigenvalue weighted by atomic mass is 10.1. The third-order valence-electron chi connectivity index (χ3n) is 2.49. The van der Waals surface area contributed by atoms with Gasteiger partial charge in [0.15, 0.2) is 0 Å². The molecular weight excluding hydrogens is 254 g/mol. The summed E-state index contributed by atoms with van der Waals surface area (Å²) in [6.45, 7) is 1.96. The van der Waals surface area contributed by atoms with Crippen molar-refractivity contribution >= 4 is 22.9 Å². The molecule has 4 heteroatoms. The van der Waals surface area contributed by atoms with Gasteiger partial charge in [0.1, 0.15) is 0 Å². The summed E-state index contributed by atoms with van der Waals surface area (Å²) in [6, 6.07) is 7.61. The summed E-state index contributed by atoms with van der Waals surface area (Å²) in [5.41, 5.74) is 1.99. The maximum absolute atomic E-state index is 10.00. The van der Waals surface area contributed by atoms with Crippen molar-refractivity contribution in [3.8, 4) is 0 Å². The van der Waals surface area contributed by atoms with Crippen LogP contribution in [-0.2, 0) is 12.8 Å². The molecule has 0 aliphatic heterocycles. The summed E-state index contributed by atoms with van der Waals surface area (Å²) < 4.78 is 0. The Labute approximate surface area is 110 Å². The Morgan fingerprint density at radius 1 is 1.35 bits per heavy atom. The van der Waals surface area contributed by atoms with Gasteiger partial charge in [-0.1, -0.05) is 29.8 Å². The fourth-order valence-electron chi connectivity index (χ4n) is 1.69. The second-order valence-electron chi connectivity index (χ2n) is 4.04. The molecule has 1 unspecified atom stereocenters. The van der Waals surface area contributed by atoms with E-state index >= 15 is 0 Å². The minimum atomic E-state index is -0.430. The number of aryl methyl sites for hydroxylation is 1. The summed E-state index contributed by atoms with van der Waals surface area (Å²) in [4.78, 5) is 4.34. The number of halogens is 1. The van der Waals surface area contributed by atoms with E-state index in [0.29, 0.717) is 17.9 Å². The second kappa shape index (κ2) is 5.63. The molecule has 90 valence electrons. The Kier molecular flexibility index (Phi) is 4.15. The van der Waals surface area contributed by atoms with Crippen LogP contribution in [0.25, 0.3) is 0 Å². The number of aliphatic hydroxyl groups excluding tert-OH is 1. The number of hydrogen-bond donors (Lipinski definition) is 1. The standard InChI is InChI=1S/C13H14ClNOS/c1-9-8-17-13(15-9)7-11(16)6-10-4-2-3-5-12(10)14/h2-5,8,11,16H,6-7H2,1H3. The van der Waals surface area contributed by atoms with E-state index in [1.807, 2.05) is 36.6 Å². The van der Waals surface area contributed by atoms with Gasteiger partial charge in [0.25, 0.3) is 0 Å². The topological polar surface area (TPSA) is 33.1 Å². The van der Waals surface area contributed by atoms with Crippen LogP contribution in [0.4, 0.5) is 0 Å². The SMILES string of the molecule is Cc1csc(CC(O)Cc2ccccc2Cl)n1. The maximum atomic E-state index is 10.00. The largest absolute Gasteiger partial charge is 0.392 e. The normalized spacial score (nSPS) is 12.6. The predicted octanol–water partition coefficient (Wildman–Crippen LogP) is 3.25. The summed E-state index contributed by atoms with van der Waals surface area (Å²) in [7, 11) is 0. The zero-order chi connectivity index (χ0) is 12.3. The molecule has 2 aromatic rings. The molecule has 0 saturated heterocycles. The fraction of sp³-hybridized carbons (Fsp3) is 0.308. The van der Waals surface area contributed by atoms with Crippen LogP contribution in [-0.4, -0.2) is 16.2 Å². The Bertz CT molecular complexity index is 498. The molecular formula is C13H14ClNOS. The average Bonchev–Trinajstić information content (AvgIpc) is 2.67. The minimum absolute atomic E-state index is 0.430. The van der Waals surface area contributed by atoms with E-state index in [1.54, 1.807) is 11.3 Å². The van der Waals surface area contributed by atoms with Gasteiger partial charge in [0.2, 0.25) is 0 Å². The first-order valence-corrected chi connectivity index (χ1v) is 6.73. The lowest BCUT2D eigenvalue weighted by Gasteiger charge is -2.10. The Morgan fingerprint density at radius 2 is 2.12 bits per heavy atom. The van der Waals surface area contributed by atoms with E-state index in [2.05, 4.69) is 4.98 Å². The Morgan fingerprint density at radius 3 is 2.76 bits per heavy atom. The zero-order valence-electron chi connectivity index (χ0n) is 9.56. The molecule has 1 atom stereocenters. The van der Waals surface area contributed by atoms with E-state index in [1.165, 1.54) is 0 Å². The number of hydrogen-bond acceptors (Lipinski definition) is 3. The first-order valence-electron chi connectivity index (χ1n) is 5.47. The highest BCUT2D eigenvalue weighted by Crippen LogP contribution is 2.19. The van der Waals surface area contributed by atoms with Gasteiger partial charge >= 0.3 is 0 Å². The van der Waals surface area contributed by atoms with Crippen LogP contribution in [0.1, 0.15) is 16.3 Å². The van der Waals surface area contributed by atoms with Crippen LogP contribution in [0.5, 0.6) is 0 Å². The lowest BCUT2D eigenvalue weighted by molar-refractivity contribution is 0.175. The van der Waals surface area contributed by atoms with Crippen molar-refractivity contribution in [1.82, 2.24) is 4.98 Å². The Hall–Kier alpha value is -0.900. The number of aromatic nitrogens is 1. The van der Waals surface area contributed by atoms with Gasteiger partial charge in [0, 0.05) is 28.9 Å². The molecule has 2 nitrogen and oxygen atoms in total. The van der Waals surface area contributed by atoms with Gasteiger partial charge in [0.05, 0.1) is 11.1 Å². The predicted molar refractivity (Wildman–Crippen MR) is 71.7 cm³/mol. The van der Waals surface area contributed by atoms with E-state index in [4.69, 9.17) is 11.6 Å². The van der Waals surface area contributed by atoms with Gasteiger partial charge in [-0.25, -0.2) is 4.98 Å². The molecule has 1 aromatic carbocycles. The van der Waals surface area contributed by atoms with E-state index < -0.39 is 6.10 Å². The fourth-order valence-corrected chi connectivity index (χ4v) is 2.75. The smallest absolute Gasteiger partial charge is 0.0954 e. The third kappa shape index (κ3) is 3.53. The highest BCUT2D eigenvalue weighted by Gasteiger charge is 2.11. The minimum Gasteiger partial charge on any atom is -0.392 e. The Balaban J connectivity index is 1.98. The zero-order valence-corrected chi connectivity index (χ0v) is 11.1. The third-order valence-corrected chi connectivity index (χ3v) is 3.85. The highest BCUT2D eigenvalue weighted by atomic mass is 35.5. The summed E-state index contributed by atoms with van der Waals surface area (Å²) in [5, 5.41) is 13.7. The second-order valence-corrected chi connectivity index (χ2v) is 5.39. The molecule has 0 amide bonds. The molecule has 17 heavy (non-hydrogen) atoms. The van der Waals surface area contributed by atoms with Crippen molar-refractivity contribution in [2.75, 3.05) is 0 Å². The highest BCUT2D eigenvalue weighted by molar-refractivity contribution is 7.09. The number of aliphatic hydroxyl groups is 1. The lowest BCUT2D eigenvalue weighted by Crippen LogP contribution is -2.14. The van der Waals surface area contributed by atoms with Gasteiger partial charge in [-0.05, 0) is 18.6 Å². The van der Waals surface area contributed by atoms with Crippen molar-refractivity contribution < 1.29 is 5.11 Å². The molecule has 1 N–H and O–H groups in total. The van der Waals surface area contributed by atoms with Crippen LogP contribution >= 0.6 is 22.9 Å². The van der Waals surface area contributed by atoms with Crippen molar-refractivity contribution in [2.24, 2.45) is 0 Å². The van der Waals surface area contributed by atoms with E-state index in [-0.39, 0.29) is 0 Å². The van der Waals surface area contributed by atoms with Crippen LogP contribution < -0.4 is 0 Å². The number of thiazole rings is 1. The van der Waals surface area contributed by atoms with Gasteiger partial charge < -0.3 is 5.11 Å². The van der Waals surface area contributed by atoms with Crippen LogP contribution in [0.2, 0.25) is 5.02 Å². The molecule has 0 spiro atoms. The molecule has 0 aliphatic rings. The first kappa shape index (κ1) is 12.6. The number of rotatable bonds is 4. The van der Waals surface area contributed by atoms with E-state index in [0.717, 1.165) is 16.3 Å². The van der Waals surface area contributed by atoms with Crippen LogP contribution in [0, 0.1) is 6.92 Å². The molecule has 0 aliphatic carbocycles. The quantitative estimate of drug-likeness (QED) is 0.922. The summed E-state index contributed by atoms with van der Waals surface area (Å²) in [5.74, 6) is 0. The maximum Gasteiger partial charge on any atom is 0.0954 e. The van der Waals surface area contributed by atoms with E-state index in [9.17, 15) is 5.11 Å². The molecule has 1 aromatic heterocycles. The molecule has 0 bridgehead atoms. The van der Waals surface area contributed by atoms with Gasteiger partial charge in [-0.2, -0.15) is 0 Å². The van der Waals surface area contributed by atoms with Crippen LogP contribution in [0.15, 0.2) is 29.6 Å². The van der Waals surface area contributed by atoms with Gasteiger partial charge in [-0.15, -0.1) is 11.3 Å². The van der Waals surface area contributed by atoms with Crippen molar-refractivity contribution in [1.29, 1.82) is 0 Å². The van der Waals surface area contributed by atoms with Crippen molar-refractivity contribution in [2.45, 2.75) is 25.9 Å². The van der Waals surface area contributed by atoms with Crippen LogP contribution in [0.3, 0.4) is 0 Å². The molecule has 0 radical (unpaired) electrons. The number of benzene rings is 1. The molecule has 0 fully saturated rings. The molecule has 0 saturated carbocycles. The molecule has 1 heterocycles. The summed E-state index contributed by atoms with van der Waals surface area (Å²) >= 11 is 7.64.